The summed E-state index contributed by atoms with van der Waals surface area (Å²) < 4.78 is 0. The smallest absolute Gasteiger partial charge is 0.162 e. The van der Waals surface area contributed by atoms with Gasteiger partial charge in [0.2, 0.25) is 0 Å². The lowest BCUT2D eigenvalue weighted by molar-refractivity contribution is 0.0988. The van der Waals surface area contributed by atoms with Crippen molar-refractivity contribution in [1.29, 1.82) is 0 Å². The standard InChI is InChI=1S/C10H12OS/c1-2-10(11)9-5-3-8(7-12)4-6-9/h3-6,12H,2,7H2,1H3. The van der Waals surface area contributed by atoms with Crippen molar-refractivity contribution in [3.8, 4) is 0 Å². The number of benzene rings is 1. The summed E-state index contributed by atoms with van der Waals surface area (Å²) in [5.41, 5.74) is 1.94. The Morgan fingerprint density at radius 3 is 2.33 bits per heavy atom. The minimum atomic E-state index is 0.195. The van der Waals surface area contributed by atoms with E-state index in [1.165, 1.54) is 0 Å². The van der Waals surface area contributed by atoms with Crippen LogP contribution in [0.2, 0.25) is 0 Å². The Hall–Kier alpha value is -0.760. The molecule has 0 bridgehead atoms. The Labute approximate surface area is 78.2 Å². The highest BCUT2D eigenvalue weighted by atomic mass is 32.1. The number of hydrogen-bond donors (Lipinski definition) is 1. The Morgan fingerprint density at radius 2 is 1.92 bits per heavy atom. The zero-order valence-corrected chi connectivity index (χ0v) is 7.97. The summed E-state index contributed by atoms with van der Waals surface area (Å²) in [7, 11) is 0. The normalized spacial score (nSPS) is 9.83. The molecule has 1 aromatic rings. The highest BCUT2D eigenvalue weighted by Gasteiger charge is 2.00. The summed E-state index contributed by atoms with van der Waals surface area (Å²) in [4.78, 5) is 11.2. The predicted octanol–water partition coefficient (Wildman–Crippen LogP) is 2.71. The van der Waals surface area contributed by atoms with Crippen molar-refractivity contribution in [2.75, 3.05) is 0 Å². The number of rotatable bonds is 3. The minimum absolute atomic E-state index is 0.195. The van der Waals surface area contributed by atoms with Crippen LogP contribution in [-0.4, -0.2) is 5.78 Å². The van der Waals surface area contributed by atoms with Crippen LogP contribution in [0.1, 0.15) is 29.3 Å². The van der Waals surface area contributed by atoms with E-state index in [1.807, 2.05) is 31.2 Å². The van der Waals surface area contributed by atoms with Gasteiger partial charge in [0.05, 0.1) is 0 Å². The van der Waals surface area contributed by atoms with Gasteiger partial charge >= 0.3 is 0 Å². The number of thiol groups is 1. The first-order valence-corrected chi connectivity index (χ1v) is 4.64. The van der Waals surface area contributed by atoms with Gasteiger partial charge in [-0.3, -0.25) is 4.79 Å². The van der Waals surface area contributed by atoms with Crippen LogP contribution >= 0.6 is 12.6 Å². The number of ketones is 1. The van der Waals surface area contributed by atoms with Gasteiger partial charge in [-0.25, -0.2) is 0 Å². The molecule has 0 amide bonds. The Balaban J connectivity index is 2.84. The maximum atomic E-state index is 11.2. The monoisotopic (exact) mass is 180 g/mol. The van der Waals surface area contributed by atoms with Crippen LogP contribution in [0.3, 0.4) is 0 Å². The first kappa shape index (κ1) is 9.33. The number of carbonyl (C=O) groups is 1. The largest absolute Gasteiger partial charge is 0.294 e. The van der Waals surface area contributed by atoms with Crippen LogP contribution in [0.5, 0.6) is 0 Å². The molecule has 2 heteroatoms. The van der Waals surface area contributed by atoms with E-state index in [0.29, 0.717) is 6.42 Å². The molecule has 0 saturated heterocycles. The Bertz CT molecular complexity index is 264. The molecule has 0 radical (unpaired) electrons. The molecular weight excluding hydrogens is 168 g/mol. The molecule has 12 heavy (non-hydrogen) atoms. The fourth-order valence-electron chi connectivity index (χ4n) is 1.00. The fourth-order valence-corrected chi connectivity index (χ4v) is 1.21. The molecule has 1 rings (SSSR count). The second-order valence-electron chi connectivity index (χ2n) is 2.63. The second kappa shape index (κ2) is 4.31. The quantitative estimate of drug-likeness (QED) is 0.559. The van der Waals surface area contributed by atoms with Crippen LogP contribution in [0.15, 0.2) is 24.3 Å². The number of Topliss-reactive ketones (excluding diaryl/α,β-unsaturated/α-hetero) is 1. The summed E-state index contributed by atoms with van der Waals surface area (Å²) in [5.74, 6) is 0.918. The second-order valence-corrected chi connectivity index (χ2v) is 2.95. The molecule has 0 aliphatic carbocycles. The highest BCUT2D eigenvalue weighted by molar-refractivity contribution is 7.79. The lowest BCUT2D eigenvalue weighted by atomic mass is 10.1. The molecule has 0 aliphatic heterocycles. The average molecular weight is 180 g/mol. The van der Waals surface area contributed by atoms with Crippen molar-refractivity contribution >= 4 is 18.4 Å². The van der Waals surface area contributed by atoms with E-state index in [9.17, 15) is 4.79 Å². The van der Waals surface area contributed by atoms with Crippen molar-refractivity contribution in [3.63, 3.8) is 0 Å². The first-order valence-electron chi connectivity index (χ1n) is 4.01. The molecule has 0 fully saturated rings. The maximum Gasteiger partial charge on any atom is 0.162 e. The van der Waals surface area contributed by atoms with Crippen molar-refractivity contribution in [1.82, 2.24) is 0 Å². The van der Waals surface area contributed by atoms with Crippen molar-refractivity contribution < 1.29 is 4.79 Å². The molecule has 0 spiro atoms. The van der Waals surface area contributed by atoms with Gasteiger partial charge in [0, 0.05) is 17.7 Å². The molecule has 0 aromatic heterocycles. The fraction of sp³-hybridized carbons (Fsp3) is 0.300. The van der Waals surface area contributed by atoms with Gasteiger partial charge in [0.15, 0.2) is 5.78 Å². The zero-order valence-electron chi connectivity index (χ0n) is 7.08. The van der Waals surface area contributed by atoms with Crippen LogP contribution in [-0.2, 0) is 5.75 Å². The summed E-state index contributed by atoms with van der Waals surface area (Å²) in [6, 6.07) is 7.60. The first-order chi connectivity index (χ1) is 5.77. The molecule has 0 saturated carbocycles. The molecular formula is C10H12OS. The molecule has 0 N–H and O–H groups in total. The van der Waals surface area contributed by atoms with Crippen LogP contribution in [0, 0.1) is 0 Å². The highest BCUT2D eigenvalue weighted by Crippen LogP contribution is 2.08. The van der Waals surface area contributed by atoms with E-state index in [1.54, 1.807) is 0 Å². The zero-order chi connectivity index (χ0) is 8.97. The third kappa shape index (κ3) is 2.11. The molecule has 0 unspecified atom stereocenters. The third-order valence-electron chi connectivity index (χ3n) is 1.78. The van der Waals surface area contributed by atoms with Crippen LogP contribution in [0.25, 0.3) is 0 Å². The van der Waals surface area contributed by atoms with Crippen LogP contribution in [0.4, 0.5) is 0 Å². The van der Waals surface area contributed by atoms with Crippen LogP contribution < -0.4 is 0 Å². The Morgan fingerprint density at radius 1 is 1.33 bits per heavy atom. The number of carbonyl (C=O) groups excluding carboxylic acids is 1. The summed E-state index contributed by atoms with van der Waals surface area (Å²) >= 11 is 4.13. The van der Waals surface area contributed by atoms with Gasteiger partial charge in [0.1, 0.15) is 0 Å². The van der Waals surface area contributed by atoms with Crippen molar-refractivity contribution in [2.24, 2.45) is 0 Å². The molecule has 0 aliphatic rings. The average Bonchev–Trinajstić information content (AvgIpc) is 2.17. The summed E-state index contributed by atoms with van der Waals surface area (Å²) in [6.07, 6.45) is 0.570. The van der Waals surface area contributed by atoms with E-state index in [2.05, 4.69) is 12.6 Å². The third-order valence-corrected chi connectivity index (χ3v) is 2.14. The van der Waals surface area contributed by atoms with Gasteiger partial charge in [-0.2, -0.15) is 12.6 Å². The molecule has 1 nitrogen and oxygen atoms in total. The number of hydrogen-bond acceptors (Lipinski definition) is 2. The van der Waals surface area contributed by atoms with E-state index >= 15 is 0 Å². The van der Waals surface area contributed by atoms with E-state index in [4.69, 9.17) is 0 Å². The lowest BCUT2D eigenvalue weighted by Crippen LogP contribution is -1.95. The lowest BCUT2D eigenvalue weighted by Gasteiger charge is -1.98. The van der Waals surface area contributed by atoms with Crippen molar-refractivity contribution in [2.45, 2.75) is 19.1 Å². The maximum absolute atomic E-state index is 11.2. The van der Waals surface area contributed by atoms with Gasteiger partial charge in [-0.15, -0.1) is 0 Å². The molecule has 0 heterocycles. The van der Waals surface area contributed by atoms with Gasteiger partial charge < -0.3 is 0 Å². The molecule has 1 aromatic carbocycles. The summed E-state index contributed by atoms with van der Waals surface area (Å²) in [6.45, 7) is 1.87. The summed E-state index contributed by atoms with van der Waals surface area (Å²) in [5, 5.41) is 0. The van der Waals surface area contributed by atoms with Gasteiger partial charge in [0.25, 0.3) is 0 Å². The van der Waals surface area contributed by atoms with Crippen molar-refractivity contribution in [3.05, 3.63) is 35.4 Å². The SMILES string of the molecule is CCC(=O)c1ccc(CS)cc1. The van der Waals surface area contributed by atoms with Gasteiger partial charge in [-0.1, -0.05) is 31.2 Å². The van der Waals surface area contributed by atoms with E-state index in [-0.39, 0.29) is 5.78 Å². The van der Waals surface area contributed by atoms with E-state index in [0.717, 1.165) is 16.9 Å². The van der Waals surface area contributed by atoms with E-state index < -0.39 is 0 Å². The molecule has 64 valence electrons. The molecule has 0 atom stereocenters. The minimum Gasteiger partial charge on any atom is -0.294 e. The van der Waals surface area contributed by atoms with Gasteiger partial charge in [-0.05, 0) is 5.56 Å². The topological polar surface area (TPSA) is 17.1 Å². The Kier molecular flexibility index (Phi) is 3.35. The predicted molar refractivity (Wildman–Crippen MR) is 53.8 cm³/mol.